The number of aliphatic hydroxyl groups excluding tert-OH is 2. The van der Waals surface area contributed by atoms with Gasteiger partial charge >= 0.3 is 0 Å². The minimum Gasteiger partial charge on any atom is -0.395 e. The van der Waals surface area contributed by atoms with Gasteiger partial charge in [0.25, 0.3) is 0 Å². The number of anilines is 1. The first-order chi connectivity index (χ1) is 15.2. The largest absolute Gasteiger partial charge is 0.395 e. The monoisotopic (exact) mass is 495 g/mol. The molecular formula is C25H24BrN2O2S+. The summed E-state index contributed by atoms with van der Waals surface area (Å²) in [5, 5.41) is 21.0. The van der Waals surface area contributed by atoms with Gasteiger partial charge in [-0.15, -0.1) is 0 Å². The Morgan fingerprint density at radius 1 is 1.00 bits per heavy atom. The van der Waals surface area contributed by atoms with Crippen LogP contribution in [0.2, 0.25) is 0 Å². The van der Waals surface area contributed by atoms with Crippen LogP contribution in [0.25, 0.3) is 17.0 Å². The number of benzene rings is 2. The van der Waals surface area contributed by atoms with Crippen LogP contribution in [0.1, 0.15) is 5.56 Å². The van der Waals surface area contributed by atoms with Gasteiger partial charge in [0.1, 0.15) is 6.61 Å². The summed E-state index contributed by atoms with van der Waals surface area (Å²) in [7, 11) is 0. The van der Waals surface area contributed by atoms with Gasteiger partial charge < -0.3 is 15.1 Å². The Labute approximate surface area is 195 Å². The normalized spacial score (nSPS) is 15.1. The van der Waals surface area contributed by atoms with Crippen molar-refractivity contribution in [2.75, 3.05) is 24.7 Å². The lowest BCUT2D eigenvalue weighted by Gasteiger charge is -2.18. The number of thioether (sulfide) groups is 1. The maximum absolute atomic E-state index is 9.44. The van der Waals surface area contributed by atoms with Gasteiger partial charge in [0, 0.05) is 28.0 Å². The molecule has 2 heterocycles. The van der Waals surface area contributed by atoms with Crippen molar-refractivity contribution < 1.29 is 14.8 Å². The quantitative estimate of drug-likeness (QED) is 0.361. The molecule has 0 saturated carbocycles. The first-order valence-corrected chi connectivity index (χ1v) is 11.7. The van der Waals surface area contributed by atoms with Crippen LogP contribution in [0.5, 0.6) is 0 Å². The molecule has 158 valence electrons. The highest BCUT2D eigenvalue weighted by molar-refractivity contribution is 9.10. The van der Waals surface area contributed by atoms with Gasteiger partial charge in [-0.05, 0) is 35.9 Å². The molecule has 1 aromatic heterocycles. The molecule has 0 amide bonds. The van der Waals surface area contributed by atoms with E-state index in [-0.39, 0.29) is 13.2 Å². The predicted octanol–water partition coefficient (Wildman–Crippen LogP) is 4.90. The number of aromatic nitrogens is 1. The fourth-order valence-electron chi connectivity index (χ4n) is 3.64. The van der Waals surface area contributed by atoms with Crippen molar-refractivity contribution in [2.24, 2.45) is 0 Å². The van der Waals surface area contributed by atoms with Crippen molar-refractivity contribution in [2.45, 2.75) is 11.4 Å². The summed E-state index contributed by atoms with van der Waals surface area (Å²) in [5.41, 5.74) is 3.35. The fourth-order valence-corrected chi connectivity index (χ4v) is 5.09. The summed E-state index contributed by atoms with van der Waals surface area (Å²) in [6, 6.07) is 16.5. The van der Waals surface area contributed by atoms with E-state index in [2.05, 4.69) is 67.9 Å². The lowest BCUT2D eigenvalue weighted by molar-refractivity contribution is -0.672. The standard InChI is InChI=1S/C25H24BrN2O2S/c26-20-10-11-21-19(12-13-27(14-16-29)23(21)18-20)6-2-1-3-9-25-28(15-17-30)22-7-4-5-8-24(22)31-25/h1-13,18,29-30H,14-17H2/q+1. The average Bonchev–Trinajstić information content (AvgIpc) is 3.12. The van der Waals surface area contributed by atoms with E-state index >= 15 is 0 Å². The molecule has 0 atom stereocenters. The Kier molecular flexibility index (Phi) is 7.25. The topological polar surface area (TPSA) is 47.6 Å². The van der Waals surface area contributed by atoms with Gasteiger partial charge in [-0.3, -0.25) is 0 Å². The smallest absolute Gasteiger partial charge is 0.214 e. The number of β-amino-alcohol motifs (C(OH)–C–C–N with tert-alkyl or cyclic N) is 1. The number of hydrogen-bond donors (Lipinski definition) is 2. The second-order valence-corrected chi connectivity index (χ2v) is 9.02. The van der Waals surface area contributed by atoms with Crippen LogP contribution in [0, 0.1) is 0 Å². The zero-order valence-electron chi connectivity index (χ0n) is 17.0. The highest BCUT2D eigenvalue weighted by Gasteiger charge is 2.23. The minimum atomic E-state index is 0.105. The Hall–Kier alpha value is -2.38. The van der Waals surface area contributed by atoms with E-state index in [0.29, 0.717) is 13.1 Å². The predicted molar refractivity (Wildman–Crippen MR) is 132 cm³/mol. The molecule has 4 nitrogen and oxygen atoms in total. The zero-order chi connectivity index (χ0) is 21.6. The lowest BCUT2D eigenvalue weighted by atomic mass is 10.1. The second-order valence-electron chi connectivity index (χ2n) is 7.04. The van der Waals surface area contributed by atoms with Crippen LogP contribution in [0.15, 0.2) is 93.4 Å². The highest BCUT2D eigenvalue weighted by Crippen LogP contribution is 2.45. The summed E-state index contributed by atoms with van der Waals surface area (Å²) < 4.78 is 3.07. The summed E-state index contributed by atoms with van der Waals surface area (Å²) >= 11 is 5.26. The van der Waals surface area contributed by atoms with E-state index < -0.39 is 0 Å². The summed E-state index contributed by atoms with van der Waals surface area (Å²) in [5.74, 6) is 0. The van der Waals surface area contributed by atoms with Gasteiger partial charge in [0.2, 0.25) is 5.52 Å². The molecule has 0 spiro atoms. The van der Waals surface area contributed by atoms with E-state index in [1.807, 2.05) is 42.6 Å². The number of fused-ring (bicyclic) bond motifs is 2. The van der Waals surface area contributed by atoms with E-state index in [1.165, 1.54) is 4.90 Å². The third-order valence-electron chi connectivity index (χ3n) is 5.05. The van der Waals surface area contributed by atoms with Gasteiger partial charge in [-0.1, -0.05) is 64.1 Å². The number of para-hydroxylation sites is 1. The fraction of sp³-hybridized carbons (Fsp3) is 0.160. The maximum atomic E-state index is 9.44. The molecule has 2 N–H and O–H groups in total. The second kappa shape index (κ2) is 10.3. The third kappa shape index (κ3) is 4.93. The lowest BCUT2D eigenvalue weighted by Crippen LogP contribution is -2.36. The van der Waals surface area contributed by atoms with Crippen LogP contribution in [-0.2, 0) is 6.54 Å². The molecule has 0 radical (unpaired) electrons. The van der Waals surface area contributed by atoms with Crippen molar-refractivity contribution in [1.29, 1.82) is 0 Å². The van der Waals surface area contributed by atoms with Crippen molar-refractivity contribution >= 4 is 50.4 Å². The first kappa shape index (κ1) is 21.8. The third-order valence-corrected chi connectivity index (χ3v) is 6.68. The van der Waals surface area contributed by atoms with Crippen molar-refractivity contribution in [3.8, 4) is 0 Å². The average molecular weight is 496 g/mol. The van der Waals surface area contributed by atoms with E-state index in [9.17, 15) is 10.2 Å². The Balaban J connectivity index is 1.54. The van der Waals surface area contributed by atoms with Gasteiger partial charge in [0.15, 0.2) is 12.7 Å². The number of aliphatic hydroxyl groups is 2. The Bertz CT molecular complexity index is 1170. The summed E-state index contributed by atoms with van der Waals surface area (Å²) in [4.78, 5) is 3.36. The Morgan fingerprint density at radius 2 is 1.87 bits per heavy atom. The maximum Gasteiger partial charge on any atom is 0.214 e. The number of allylic oxidation sites excluding steroid dienone is 4. The molecule has 0 unspecified atom stereocenters. The van der Waals surface area contributed by atoms with Crippen LogP contribution in [0.3, 0.4) is 0 Å². The SMILES string of the molecule is OCCN1/C(=C/C=C/C=C/c2cc[n+](CCO)c3cc(Br)ccc23)Sc2ccccc21. The number of nitrogens with zero attached hydrogens (tertiary/aromatic N) is 2. The molecule has 4 rings (SSSR count). The molecule has 6 heteroatoms. The summed E-state index contributed by atoms with van der Waals surface area (Å²) in [6.07, 6.45) is 12.3. The molecule has 0 fully saturated rings. The number of halogens is 1. The van der Waals surface area contributed by atoms with Gasteiger partial charge in [-0.2, -0.15) is 4.57 Å². The van der Waals surface area contributed by atoms with E-state index in [0.717, 1.165) is 31.7 Å². The minimum absolute atomic E-state index is 0.105. The zero-order valence-corrected chi connectivity index (χ0v) is 19.4. The first-order valence-electron chi connectivity index (χ1n) is 10.1. The Morgan fingerprint density at radius 3 is 2.71 bits per heavy atom. The van der Waals surface area contributed by atoms with Crippen molar-refractivity contribution in [1.82, 2.24) is 0 Å². The molecule has 0 saturated heterocycles. The number of hydrogen-bond acceptors (Lipinski definition) is 4. The van der Waals surface area contributed by atoms with Crippen LogP contribution in [0.4, 0.5) is 5.69 Å². The van der Waals surface area contributed by atoms with Gasteiger partial charge in [0.05, 0.1) is 22.7 Å². The van der Waals surface area contributed by atoms with E-state index in [4.69, 9.17) is 0 Å². The number of pyridine rings is 1. The molecule has 31 heavy (non-hydrogen) atoms. The molecule has 3 aromatic rings. The van der Waals surface area contributed by atoms with Crippen molar-refractivity contribution in [3.63, 3.8) is 0 Å². The number of rotatable bonds is 7. The van der Waals surface area contributed by atoms with Crippen molar-refractivity contribution in [3.05, 3.63) is 94.1 Å². The van der Waals surface area contributed by atoms with Gasteiger partial charge in [-0.25, -0.2) is 0 Å². The van der Waals surface area contributed by atoms with Crippen LogP contribution < -0.4 is 9.47 Å². The molecule has 1 aliphatic rings. The van der Waals surface area contributed by atoms with Crippen LogP contribution >= 0.6 is 27.7 Å². The molecular weight excluding hydrogens is 472 g/mol. The van der Waals surface area contributed by atoms with Crippen LogP contribution in [-0.4, -0.2) is 30.0 Å². The van der Waals surface area contributed by atoms with E-state index in [1.54, 1.807) is 11.8 Å². The summed E-state index contributed by atoms with van der Waals surface area (Å²) in [6.45, 7) is 1.37. The molecule has 0 aliphatic carbocycles. The highest BCUT2D eigenvalue weighted by atomic mass is 79.9. The molecule has 2 aromatic carbocycles. The molecule has 1 aliphatic heterocycles. The molecule has 0 bridgehead atoms.